The van der Waals surface area contributed by atoms with E-state index in [4.69, 9.17) is 4.74 Å². The summed E-state index contributed by atoms with van der Waals surface area (Å²) in [6.45, 7) is 2.79. The Hall–Kier alpha value is -1.68. The zero-order valence-corrected chi connectivity index (χ0v) is 15.2. The molecule has 24 heavy (non-hydrogen) atoms. The van der Waals surface area contributed by atoms with E-state index in [1.165, 1.54) is 16.7 Å². The van der Waals surface area contributed by atoms with Crippen LogP contribution in [0.2, 0.25) is 0 Å². The quantitative estimate of drug-likeness (QED) is 0.831. The zero-order chi connectivity index (χ0) is 16.7. The number of allylic oxidation sites excluding steroid dienone is 1. The van der Waals surface area contributed by atoms with Crippen LogP contribution in [0.5, 0.6) is 5.75 Å². The van der Waals surface area contributed by atoms with E-state index < -0.39 is 0 Å². The minimum absolute atomic E-state index is 0.192. The minimum atomic E-state index is 0.192. The van der Waals surface area contributed by atoms with Gasteiger partial charge in [-0.15, -0.1) is 11.8 Å². The molecule has 1 aromatic heterocycles. The van der Waals surface area contributed by atoms with Crippen molar-refractivity contribution in [2.45, 2.75) is 39.0 Å². The third-order valence-corrected chi connectivity index (χ3v) is 5.90. The van der Waals surface area contributed by atoms with Gasteiger partial charge in [0.1, 0.15) is 5.75 Å². The maximum Gasteiger partial charge on any atom is 0.197 e. The lowest BCUT2D eigenvalue weighted by molar-refractivity contribution is 0.319. The third-order valence-electron chi connectivity index (χ3n) is 5.01. The normalized spacial score (nSPS) is 16.5. The summed E-state index contributed by atoms with van der Waals surface area (Å²) in [6.07, 6.45) is 7.15. The molecular formula is C20H23NO2S. The number of fused-ring (bicyclic) bond motifs is 3. The molecule has 0 saturated heterocycles. The highest BCUT2D eigenvalue weighted by Crippen LogP contribution is 2.36. The fourth-order valence-electron chi connectivity index (χ4n) is 3.89. The Bertz CT molecular complexity index is 895. The van der Waals surface area contributed by atoms with Gasteiger partial charge in [0.15, 0.2) is 5.43 Å². The first kappa shape index (κ1) is 15.8. The summed E-state index contributed by atoms with van der Waals surface area (Å²) >= 11 is 1.80. The molecule has 0 radical (unpaired) electrons. The number of rotatable bonds is 4. The lowest BCUT2D eigenvalue weighted by atomic mass is 9.98. The summed E-state index contributed by atoms with van der Waals surface area (Å²) in [4.78, 5) is 13.3. The van der Waals surface area contributed by atoms with Crippen molar-refractivity contribution < 1.29 is 4.74 Å². The van der Waals surface area contributed by atoms with Gasteiger partial charge in [0.05, 0.1) is 17.5 Å². The van der Waals surface area contributed by atoms with Crippen molar-refractivity contribution in [3.63, 3.8) is 0 Å². The van der Waals surface area contributed by atoms with E-state index in [1.54, 1.807) is 11.8 Å². The lowest BCUT2D eigenvalue weighted by Gasteiger charge is -2.17. The zero-order valence-electron chi connectivity index (χ0n) is 14.4. The number of hydrogen-bond donors (Lipinski definition) is 0. The fourth-order valence-corrected chi connectivity index (χ4v) is 4.79. The number of aryl methyl sites for hydroxylation is 3. The second-order valence-electron chi connectivity index (χ2n) is 6.68. The van der Waals surface area contributed by atoms with Crippen molar-refractivity contribution >= 4 is 28.2 Å². The standard InChI is InChI=1S/C20H23NO2S/c1-3-8-23-17-10-13-5-4-6-15(13)18-19(17)21(2)11-16(20(18)22)14-7-9-24-12-14/h10-12H,3-9H2,1-2H3. The van der Waals surface area contributed by atoms with Gasteiger partial charge in [-0.25, -0.2) is 0 Å². The van der Waals surface area contributed by atoms with Gasteiger partial charge in [-0.3, -0.25) is 4.79 Å². The Kier molecular flexibility index (Phi) is 4.17. The Balaban J connectivity index is 2.03. The molecule has 2 aliphatic rings. The Morgan fingerprint density at radius 2 is 2.17 bits per heavy atom. The summed E-state index contributed by atoms with van der Waals surface area (Å²) in [7, 11) is 2.04. The maximum atomic E-state index is 13.3. The van der Waals surface area contributed by atoms with Crippen molar-refractivity contribution in [1.82, 2.24) is 4.57 Å². The van der Waals surface area contributed by atoms with E-state index in [9.17, 15) is 4.79 Å². The molecular weight excluding hydrogens is 318 g/mol. The van der Waals surface area contributed by atoms with Gasteiger partial charge in [0, 0.05) is 24.6 Å². The molecule has 2 heterocycles. The van der Waals surface area contributed by atoms with E-state index in [-0.39, 0.29) is 5.43 Å². The lowest BCUT2D eigenvalue weighted by Crippen LogP contribution is -2.16. The van der Waals surface area contributed by atoms with Crippen LogP contribution < -0.4 is 10.2 Å². The molecule has 0 atom stereocenters. The smallest absolute Gasteiger partial charge is 0.197 e. The molecule has 1 aromatic carbocycles. The Morgan fingerprint density at radius 3 is 2.92 bits per heavy atom. The molecule has 1 aliphatic heterocycles. The van der Waals surface area contributed by atoms with Crippen LogP contribution >= 0.6 is 11.8 Å². The highest BCUT2D eigenvalue weighted by atomic mass is 32.2. The highest BCUT2D eigenvalue weighted by molar-refractivity contribution is 8.02. The van der Waals surface area contributed by atoms with Gasteiger partial charge in [-0.1, -0.05) is 6.92 Å². The highest BCUT2D eigenvalue weighted by Gasteiger charge is 2.23. The number of hydrogen-bond acceptors (Lipinski definition) is 3. The van der Waals surface area contributed by atoms with E-state index in [1.807, 2.05) is 13.2 Å². The van der Waals surface area contributed by atoms with Gasteiger partial charge in [-0.05, 0) is 60.3 Å². The molecule has 4 heteroatoms. The topological polar surface area (TPSA) is 31.2 Å². The molecule has 0 unspecified atom stereocenters. The van der Waals surface area contributed by atoms with Crippen molar-refractivity contribution in [1.29, 1.82) is 0 Å². The van der Waals surface area contributed by atoms with Crippen LogP contribution in [0, 0.1) is 0 Å². The maximum absolute atomic E-state index is 13.3. The predicted molar refractivity (Wildman–Crippen MR) is 102 cm³/mol. The number of pyridine rings is 1. The van der Waals surface area contributed by atoms with Crippen LogP contribution in [-0.4, -0.2) is 16.9 Å². The summed E-state index contributed by atoms with van der Waals surface area (Å²) < 4.78 is 8.11. The molecule has 3 nitrogen and oxygen atoms in total. The first-order valence-electron chi connectivity index (χ1n) is 8.82. The second-order valence-corrected chi connectivity index (χ2v) is 7.66. The van der Waals surface area contributed by atoms with Crippen LogP contribution in [-0.2, 0) is 19.9 Å². The molecule has 2 aromatic rings. The van der Waals surface area contributed by atoms with Crippen LogP contribution in [0.4, 0.5) is 0 Å². The summed E-state index contributed by atoms with van der Waals surface area (Å²) in [6, 6.07) is 2.17. The van der Waals surface area contributed by atoms with E-state index in [0.717, 1.165) is 60.1 Å². The molecule has 0 saturated carbocycles. The Morgan fingerprint density at radius 1 is 1.29 bits per heavy atom. The predicted octanol–water partition coefficient (Wildman–Crippen LogP) is 4.29. The molecule has 0 N–H and O–H groups in total. The van der Waals surface area contributed by atoms with Crippen molar-refractivity contribution in [2.75, 3.05) is 12.4 Å². The van der Waals surface area contributed by atoms with Crippen molar-refractivity contribution in [3.8, 4) is 5.75 Å². The van der Waals surface area contributed by atoms with Gasteiger partial charge < -0.3 is 9.30 Å². The van der Waals surface area contributed by atoms with E-state index >= 15 is 0 Å². The third kappa shape index (κ3) is 2.48. The molecule has 0 spiro atoms. The van der Waals surface area contributed by atoms with Crippen LogP contribution in [0.25, 0.3) is 16.5 Å². The number of nitrogens with zero attached hydrogens (tertiary/aromatic N) is 1. The van der Waals surface area contributed by atoms with Gasteiger partial charge in [0.25, 0.3) is 0 Å². The molecule has 4 rings (SSSR count). The van der Waals surface area contributed by atoms with Crippen molar-refractivity contribution in [2.24, 2.45) is 7.05 Å². The summed E-state index contributed by atoms with van der Waals surface area (Å²) in [5, 5.41) is 3.05. The first-order chi connectivity index (χ1) is 11.7. The van der Waals surface area contributed by atoms with Gasteiger partial charge in [0.2, 0.25) is 0 Å². The minimum Gasteiger partial charge on any atom is -0.491 e. The number of aromatic nitrogens is 1. The number of thioether (sulfide) groups is 1. The second kappa shape index (κ2) is 6.32. The largest absolute Gasteiger partial charge is 0.491 e. The SMILES string of the molecule is CCCOc1cc2c(c3c(=O)c(C4=CSCC4)cn(C)c13)CCC2. The molecule has 0 amide bonds. The molecule has 126 valence electrons. The first-order valence-corrected chi connectivity index (χ1v) is 9.87. The average Bonchev–Trinajstić information content (AvgIpc) is 3.25. The summed E-state index contributed by atoms with van der Waals surface area (Å²) in [5.74, 6) is 1.95. The molecule has 0 bridgehead atoms. The van der Waals surface area contributed by atoms with E-state index in [0.29, 0.717) is 6.61 Å². The number of ether oxygens (including phenoxy) is 1. The number of benzene rings is 1. The average molecular weight is 341 g/mol. The van der Waals surface area contributed by atoms with Gasteiger partial charge in [-0.2, -0.15) is 0 Å². The molecule has 1 aliphatic carbocycles. The van der Waals surface area contributed by atoms with Crippen LogP contribution in [0.3, 0.4) is 0 Å². The Labute approximate surface area is 146 Å². The van der Waals surface area contributed by atoms with Gasteiger partial charge >= 0.3 is 0 Å². The van der Waals surface area contributed by atoms with Crippen LogP contribution in [0.15, 0.2) is 22.5 Å². The van der Waals surface area contributed by atoms with E-state index in [2.05, 4.69) is 23.0 Å². The monoisotopic (exact) mass is 341 g/mol. The van der Waals surface area contributed by atoms with Crippen LogP contribution in [0.1, 0.15) is 42.9 Å². The summed E-state index contributed by atoms with van der Waals surface area (Å²) in [5.41, 5.74) is 5.77. The molecule has 0 fully saturated rings. The fraction of sp³-hybridized carbons (Fsp3) is 0.450. The van der Waals surface area contributed by atoms with Crippen molar-refractivity contribution in [3.05, 3.63) is 44.6 Å².